The summed E-state index contributed by atoms with van der Waals surface area (Å²) in [5.74, 6) is -2.54. The number of carbonyl (C=O) groups excluding carboxylic acids is 1. The molecule has 1 aliphatic heterocycles. The van der Waals surface area contributed by atoms with E-state index in [1.54, 1.807) is 24.3 Å². The molecule has 3 atom stereocenters. The predicted octanol–water partition coefficient (Wildman–Crippen LogP) is 0.540. The van der Waals surface area contributed by atoms with Gasteiger partial charge in [-0.15, -0.1) is 0 Å². The van der Waals surface area contributed by atoms with Crippen LogP contribution in [0.25, 0.3) is 0 Å². The maximum atomic E-state index is 11.2. The molecule has 0 bridgehead atoms. The molecule has 0 aliphatic carbocycles. The van der Waals surface area contributed by atoms with Gasteiger partial charge in [-0.3, -0.25) is 14.4 Å². The van der Waals surface area contributed by atoms with Gasteiger partial charge in [0.05, 0.1) is 6.42 Å². The van der Waals surface area contributed by atoms with E-state index in [1.807, 2.05) is 0 Å². The highest BCUT2D eigenvalue weighted by Crippen LogP contribution is 2.26. The van der Waals surface area contributed by atoms with E-state index < -0.39 is 30.0 Å². The number of anilines is 1. The van der Waals surface area contributed by atoms with Crippen molar-refractivity contribution in [2.75, 3.05) is 11.9 Å². The third-order valence-electron chi connectivity index (χ3n) is 3.58. The molecule has 0 saturated carbocycles. The summed E-state index contributed by atoms with van der Waals surface area (Å²) in [5, 5.41) is 23.5. The Morgan fingerprint density at radius 2 is 1.91 bits per heavy atom. The van der Waals surface area contributed by atoms with Gasteiger partial charge in [0, 0.05) is 25.1 Å². The van der Waals surface area contributed by atoms with E-state index in [1.165, 1.54) is 6.92 Å². The lowest BCUT2D eigenvalue weighted by molar-refractivity contribution is -0.142. The van der Waals surface area contributed by atoms with Crippen LogP contribution in [-0.4, -0.2) is 46.7 Å². The molecule has 124 valence electrons. The molecule has 8 heteroatoms. The lowest BCUT2D eigenvalue weighted by Gasteiger charge is -2.21. The third kappa shape index (κ3) is 4.43. The number of carboxylic acid groups (broad SMARTS) is 2. The Labute approximate surface area is 132 Å². The molecule has 1 amide bonds. The van der Waals surface area contributed by atoms with Crippen molar-refractivity contribution >= 4 is 23.5 Å². The van der Waals surface area contributed by atoms with Gasteiger partial charge in [0.15, 0.2) is 0 Å². The minimum absolute atomic E-state index is 0.190. The second-order valence-corrected chi connectivity index (χ2v) is 5.35. The molecule has 1 heterocycles. The molecule has 1 aliphatic rings. The second-order valence-electron chi connectivity index (χ2n) is 5.35. The first kappa shape index (κ1) is 16.8. The molecular formula is C15H18N2O6. The van der Waals surface area contributed by atoms with Crippen LogP contribution >= 0.6 is 0 Å². The first-order chi connectivity index (χ1) is 10.9. The Bertz CT molecular complexity index is 600. The minimum atomic E-state index is -1.09. The molecule has 0 radical (unpaired) electrons. The average Bonchev–Trinajstić information content (AvgIpc) is 2.83. The van der Waals surface area contributed by atoms with E-state index in [9.17, 15) is 14.4 Å². The van der Waals surface area contributed by atoms with E-state index in [0.29, 0.717) is 11.4 Å². The standard InChI is InChI=1S/C15H18N2O6/c1-8(18)17-9-2-4-10(5-3-9)23-12-7-16-14(15(21)22)11(12)6-13(19)20/h2-5,11-12,14,16H,6-7H2,1H3,(H,17,18)(H,19,20)(H,21,22). The number of hydrogen-bond donors (Lipinski definition) is 4. The van der Waals surface area contributed by atoms with Gasteiger partial charge in [0.2, 0.25) is 5.91 Å². The Balaban J connectivity index is 2.06. The predicted molar refractivity (Wildman–Crippen MR) is 80.3 cm³/mol. The monoisotopic (exact) mass is 322 g/mol. The van der Waals surface area contributed by atoms with Gasteiger partial charge in [-0.05, 0) is 24.3 Å². The fourth-order valence-corrected chi connectivity index (χ4v) is 2.61. The second kappa shape index (κ2) is 7.10. The van der Waals surface area contributed by atoms with Crippen LogP contribution < -0.4 is 15.4 Å². The number of carboxylic acids is 2. The Kier molecular flexibility index (Phi) is 5.17. The van der Waals surface area contributed by atoms with Gasteiger partial charge < -0.3 is 25.6 Å². The summed E-state index contributed by atoms with van der Waals surface area (Å²) < 4.78 is 5.73. The Morgan fingerprint density at radius 1 is 1.26 bits per heavy atom. The van der Waals surface area contributed by atoms with Crippen molar-refractivity contribution < 1.29 is 29.3 Å². The average molecular weight is 322 g/mol. The summed E-state index contributed by atoms with van der Waals surface area (Å²) >= 11 is 0. The lowest BCUT2D eigenvalue weighted by atomic mass is 9.94. The largest absolute Gasteiger partial charge is 0.489 e. The van der Waals surface area contributed by atoms with Gasteiger partial charge in [-0.2, -0.15) is 0 Å². The third-order valence-corrected chi connectivity index (χ3v) is 3.58. The van der Waals surface area contributed by atoms with Crippen molar-refractivity contribution in [3.05, 3.63) is 24.3 Å². The molecule has 0 aromatic heterocycles. The van der Waals surface area contributed by atoms with Gasteiger partial charge >= 0.3 is 11.9 Å². The molecule has 1 fully saturated rings. The number of amides is 1. The van der Waals surface area contributed by atoms with Crippen LogP contribution in [-0.2, 0) is 14.4 Å². The van der Waals surface area contributed by atoms with Gasteiger partial charge in [0.1, 0.15) is 17.9 Å². The van der Waals surface area contributed by atoms with Crippen molar-refractivity contribution in [3.8, 4) is 5.75 Å². The first-order valence-electron chi connectivity index (χ1n) is 7.09. The zero-order valence-corrected chi connectivity index (χ0v) is 12.5. The summed E-state index contributed by atoms with van der Waals surface area (Å²) in [7, 11) is 0. The topological polar surface area (TPSA) is 125 Å². The first-order valence-corrected chi connectivity index (χ1v) is 7.09. The minimum Gasteiger partial charge on any atom is -0.489 e. The quantitative estimate of drug-likeness (QED) is 0.602. The molecule has 1 aromatic rings. The van der Waals surface area contributed by atoms with Crippen LogP contribution in [0.2, 0.25) is 0 Å². The van der Waals surface area contributed by atoms with Crippen LogP contribution in [0.4, 0.5) is 5.69 Å². The Hall–Kier alpha value is -2.61. The fraction of sp³-hybridized carbons (Fsp3) is 0.400. The van der Waals surface area contributed by atoms with Crippen LogP contribution in [0, 0.1) is 5.92 Å². The molecule has 3 unspecified atom stereocenters. The van der Waals surface area contributed by atoms with Crippen LogP contribution in [0.3, 0.4) is 0 Å². The van der Waals surface area contributed by atoms with Crippen molar-refractivity contribution in [3.63, 3.8) is 0 Å². The van der Waals surface area contributed by atoms with E-state index in [4.69, 9.17) is 14.9 Å². The number of benzene rings is 1. The number of ether oxygens (including phenoxy) is 1. The summed E-state index contributed by atoms with van der Waals surface area (Å²) in [5.41, 5.74) is 0.611. The highest BCUT2D eigenvalue weighted by atomic mass is 16.5. The smallest absolute Gasteiger partial charge is 0.321 e. The van der Waals surface area contributed by atoms with Crippen LogP contribution in [0.1, 0.15) is 13.3 Å². The number of rotatable bonds is 6. The van der Waals surface area contributed by atoms with Crippen molar-refractivity contribution in [2.45, 2.75) is 25.5 Å². The molecule has 2 rings (SSSR count). The van der Waals surface area contributed by atoms with Crippen molar-refractivity contribution in [2.24, 2.45) is 5.92 Å². The maximum Gasteiger partial charge on any atom is 0.321 e. The van der Waals surface area contributed by atoms with E-state index in [2.05, 4.69) is 10.6 Å². The normalized spacial score (nSPS) is 23.3. The molecule has 23 heavy (non-hydrogen) atoms. The number of nitrogens with one attached hydrogen (secondary N) is 2. The molecule has 1 saturated heterocycles. The summed E-state index contributed by atoms with van der Waals surface area (Å²) in [4.78, 5) is 33.1. The Morgan fingerprint density at radius 3 is 2.43 bits per heavy atom. The van der Waals surface area contributed by atoms with Gasteiger partial charge in [-0.25, -0.2) is 0 Å². The number of carbonyl (C=O) groups is 3. The van der Waals surface area contributed by atoms with Crippen molar-refractivity contribution in [1.29, 1.82) is 0 Å². The molecular weight excluding hydrogens is 304 g/mol. The summed E-state index contributed by atoms with van der Waals surface area (Å²) in [6.07, 6.45) is -0.850. The SMILES string of the molecule is CC(=O)Nc1ccc(OC2CNC(C(=O)O)C2CC(=O)O)cc1. The maximum absolute atomic E-state index is 11.2. The zero-order valence-electron chi connectivity index (χ0n) is 12.5. The van der Waals surface area contributed by atoms with Crippen LogP contribution in [0.5, 0.6) is 5.75 Å². The van der Waals surface area contributed by atoms with Crippen LogP contribution in [0.15, 0.2) is 24.3 Å². The highest BCUT2D eigenvalue weighted by molar-refractivity contribution is 5.88. The van der Waals surface area contributed by atoms with Crippen molar-refractivity contribution in [1.82, 2.24) is 5.32 Å². The molecule has 0 spiro atoms. The van der Waals surface area contributed by atoms with Gasteiger partial charge in [0.25, 0.3) is 0 Å². The number of hydrogen-bond acceptors (Lipinski definition) is 5. The van der Waals surface area contributed by atoms with E-state index >= 15 is 0 Å². The van der Waals surface area contributed by atoms with Gasteiger partial charge in [-0.1, -0.05) is 0 Å². The summed E-state index contributed by atoms with van der Waals surface area (Å²) in [6.45, 7) is 1.65. The van der Waals surface area contributed by atoms with E-state index in [0.717, 1.165) is 0 Å². The highest BCUT2D eigenvalue weighted by Gasteiger charge is 2.42. The lowest BCUT2D eigenvalue weighted by Crippen LogP contribution is -2.38. The molecule has 8 nitrogen and oxygen atoms in total. The molecule has 4 N–H and O–H groups in total. The van der Waals surface area contributed by atoms with E-state index in [-0.39, 0.29) is 18.9 Å². The zero-order chi connectivity index (χ0) is 17.0. The molecule has 1 aromatic carbocycles. The summed E-state index contributed by atoms with van der Waals surface area (Å²) in [6, 6.07) is 5.63. The number of aliphatic carboxylic acids is 2. The fourth-order valence-electron chi connectivity index (χ4n) is 2.61.